The number of hydrogen-bond donors (Lipinski definition) is 1. The van der Waals surface area contributed by atoms with Crippen LogP contribution in [-0.2, 0) is 0 Å². The van der Waals surface area contributed by atoms with Gasteiger partial charge in [-0.2, -0.15) is 9.37 Å². The fourth-order valence-corrected chi connectivity index (χ4v) is 1.62. The van der Waals surface area contributed by atoms with E-state index >= 15 is 0 Å². The molecular weight excluding hydrogens is 295 g/mol. The van der Waals surface area contributed by atoms with Crippen molar-refractivity contribution in [2.45, 2.75) is 6.92 Å². The molecule has 0 atom stereocenters. The normalized spacial score (nSPS) is 9.85. The molecule has 0 aliphatic heterocycles. The summed E-state index contributed by atoms with van der Waals surface area (Å²) in [5.41, 5.74) is 6.24. The molecule has 4 nitrogen and oxygen atoms in total. The molecule has 0 bridgehead atoms. The Hall–Kier alpha value is -2.02. The first-order valence-corrected chi connectivity index (χ1v) is 5.72. The highest BCUT2D eigenvalue weighted by Gasteiger charge is 2.08. The summed E-state index contributed by atoms with van der Waals surface area (Å²) in [7, 11) is 0. The topological polar surface area (TPSA) is 60.9 Å². The van der Waals surface area contributed by atoms with E-state index in [4.69, 9.17) is 17.3 Å². The van der Waals surface area contributed by atoms with Crippen LogP contribution < -0.4 is 11.3 Å². The Labute approximate surface area is 117 Å². The fourth-order valence-electron chi connectivity index (χ4n) is 1.50. The molecule has 1 heterocycles. The second-order valence-corrected chi connectivity index (χ2v) is 4.05. The van der Waals surface area contributed by atoms with Crippen molar-refractivity contribution >= 4 is 17.5 Å². The van der Waals surface area contributed by atoms with Crippen LogP contribution in [0.25, 0.3) is 5.69 Å². The van der Waals surface area contributed by atoms with Crippen molar-refractivity contribution in [2.24, 2.45) is 0 Å². The van der Waals surface area contributed by atoms with Crippen LogP contribution in [0.15, 0.2) is 29.1 Å². The molecule has 2 N–H and O–H groups in total. The Morgan fingerprint density at radius 2 is 1.95 bits per heavy atom. The van der Waals surface area contributed by atoms with E-state index < -0.39 is 18.4 Å². The van der Waals surface area contributed by atoms with Crippen molar-refractivity contribution in [1.29, 1.82) is 0 Å². The number of hydrogen-bond acceptors (Lipinski definition) is 3. The largest absolute Gasteiger partial charge is 0.369 e. The van der Waals surface area contributed by atoms with Gasteiger partial charge in [0.2, 0.25) is 18.8 Å². The highest BCUT2D eigenvalue weighted by atomic mass is 35.5. The van der Waals surface area contributed by atoms with Crippen LogP contribution in [0.2, 0.25) is 5.02 Å². The molecule has 0 radical (unpaired) electrons. The van der Waals surface area contributed by atoms with E-state index in [0.717, 1.165) is 16.2 Å². The van der Waals surface area contributed by atoms with Gasteiger partial charge in [-0.1, -0.05) is 11.6 Å². The van der Waals surface area contributed by atoms with Crippen LogP contribution in [-0.4, -0.2) is 16.5 Å². The zero-order valence-corrected chi connectivity index (χ0v) is 11.2. The van der Waals surface area contributed by atoms with Gasteiger partial charge in [-0.25, -0.2) is 13.3 Å². The molecule has 0 saturated carbocycles. The van der Waals surface area contributed by atoms with E-state index in [1.165, 1.54) is 0 Å². The molecule has 8 heteroatoms. The molecule has 0 spiro atoms. The van der Waals surface area contributed by atoms with E-state index in [0.29, 0.717) is 10.7 Å². The quantitative estimate of drug-likeness (QED) is 0.824. The standard InChI is InChI=1S/C11H9ClFN3O.CH2F2/c1-6-4-7(2-3-8(6)12)16-10(17)5-9(13)15-11(16)14;2-1-3/h2-5H,1H3,(H2,14,15);1H2. The smallest absolute Gasteiger partial charge is 0.262 e. The van der Waals surface area contributed by atoms with Gasteiger partial charge >= 0.3 is 0 Å². The first-order valence-electron chi connectivity index (χ1n) is 5.34. The third kappa shape index (κ3) is 3.74. The fraction of sp³-hybridized carbons (Fsp3) is 0.167. The van der Waals surface area contributed by atoms with Gasteiger partial charge in [0.25, 0.3) is 5.56 Å². The molecule has 0 aliphatic carbocycles. The summed E-state index contributed by atoms with van der Waals surface area (Å²) in [5.74, 6) is -1.09. The lowest BCUT2D eigenvalue weighted by Crippen LogP contribution is -2.23. The maximum absolute atomic E-state index is 12.8. The van der Waals surface area contributed by atoms with Gasteiger partial charge in [-0.05, 0) is 30.7 Å². The molecule has 0 fully saturated rings. The summed E-state index contributed by atoms with van der Waals surface area (Å²) in [6.07, 6.45) is 0. The minimum atomic E-state index is -1.75. The summed E-state index contributed by atoms with van der Waals surface area (Å²) in [5, 5.41) is 0.579. The number of aryl methyl sites for hydroxylation is 1. The minimum absolute atomic E-state index is 0.197. The Morgan fingerprint density at radius 1 is 1.35 bits per heavy atom. The molecule has 2 aromatic rings. The first kappa shape index (κ1) is 16.0. The Bertz CT molecular complexity index is 661. The number of rotatable bonds is 1. The summed E-state index contributed by atoms with van der Waals surface area (Å²) in [4.78, 5) is 15.0. The molecule has 1 aromatic heterocycles. The zero-order valence-electron chi connectivity index (χ0n) is 10.4. The second kappa shape index (κ2) is 6.95. The molecule has 108 valence electrons. The lowest BCUT2D eigenvalue weighted by Gasteiger charge is -2.09. The molecule has 0 aliphatic rings. The molecule has 0 unspecified atom stereocenters. The van der Waals surface area contributed by atoms with Gasteiger partial charge < -0.3 is 5.73 Å². The zero-order chi connectivity index (χ0) is 15.3. The molecule has 2 rings (SSSR count). The van der Waals surface area contributed by atoms with Crippen molar-refractivity contribution in [3.63, 3.8) is 0 Å². The van der Waals surface area contributed by atoms with Crippen LogP contribution in [0.5, 0.6) is 0 Å². The number of nitrogens with two attached hydrogens (primary N) is 1. The lowest BCUT2D eigenvalue weighted by atomic mass is 10.2. The Morgan fingerprint density at radius 3 is 2.45 bits per heavy atom. The Kier molecular flexibility index (Phi) is 5.57. The number of nitrogen functional groups attached to an aromatic ring is 1. The highest BCUT2D eigenvalue weighted by Crippen LogP contribution is 2.19. The van der Waals surface area contributed by atoms with Gasteiger partial charge in [0.05, 0.1) is 11.8 Å². The van der Waals surface area contributed by atoms with E-state index in [-0.39, 0.29) is 5.95 Å². The van der Waals surface area contributed by atoms with Crippen molar-refractivity contribution in [3.8, 4) is 5.69 Å². The molecule has 0 saturated heterocycles. The van der Waals surface area contributed by atoms with Crippen molar-refractivity contribution in [3.05, 3.63) is 51.2 Å². The summed E-state index contributed by atoms with van der Waals surface area (Å²) in [6, 6.07) is 5.72. The van der Waals surface area contributed by atoms with Gasteiger partial charge in [0.1, 0.15) is 0 Å². The molecule has 20 heavy (non-hydrogen) atoms. The predicted octanol–water partition coefficient (Wildman–Crippen LogP) is 2.80. The number of alkyl halides is 2. The lowest BCUT2D eigenvalue weighted by molar-refractivity contribution is 0.295. The van der Waals surface area contributed by atoms with Gasteiger partial charge in [0.15, 0.2) is 0 Å². The van der Waals surface area contributed by atoms with Crippen molar-refractivity contribution in [2.75, 3.05) is 12.7 Å². The minimum Gasteiger partial charge on any atom is -0.369 e. The van der Waals surface area contributed by atoms with Crippen molar-refractivity contribution < 1.29 is 13.2 Å². The van der Waals surface area contributed by atoms with Crippen LogP contribution >= 0.6 is 11.6 Å². The number of aromatic nitrogens is 2. The highest BCUT2D eigenvalue weighted by molar-refractivity contribution is 6.31. The molecular formula is C12H11ClF3N3O. The van der Waals surface area contributed by atoms with E-state index in [9.17, 15) is 18.0 Å². The maximum atomic E-state index is 12.8. The molecule has 0 amide bonds. The van der Waals surface area contributed by atoms with Crippen molar-refractivity contribution in [1.82, 2.24) is 9.55 Å². The average Bonchev–Trinajstić information content (AvgIpc) is 2.33. The monoisotopic (exact) mass is 305 g/mol. The van der Waals surface area contributed by atoms with Crippen LogP contribution in [0.3, 0.4) is 0 Å². The second-order valence-electron chi connectivity index (χ2n) is 3.65. The van der Waals surface area contributed by atoms with Gasteiger partial charge in [-0.3, -0.25) is 4.79 Å². The third-order valence-corrected chi connectivity index (χ3v) is 2.74. The predicted molar refractivity (Wildman–Crippen MR) is 71.0 cm³/mol. The number of benzene rings is 1. The van der Waals surface area contributed by atoms with Crippen LogP contribution in [0.4, 0.5) is 19.1 Å². The number of halogens is 4. The summed E-state index contributed by atoms with van der Waals surface area (Å²) >= 11 is 5.88. The maximum Gasteiger partial charge on any atom is 0.262 e. The van der Waals surface area contributed by atoms with E-state index in [1.807, 2.05) is 0 Å². The van der Waals surface area contributed by atoms with Gasteiger partial charge in [-0.15, -0.1) is 0 Å². The van der Waals surface area contributed by atoms with E-state index in [1.54, 1.807) is 25.1 Å². The van der Waals surface area contributed by atoms with E-state index in [2.05, 4.69) is 4.98 Å². The SMILES string of the molecule is Cc1cc(-n2c(N)nc(F)cc2=O)ccc1Cl.FCF. The average molecular weight is 306 g/mol. The first-order chi connectivity index (χ1) is 9.40. The van der Waals surface area contributed by atoms with Crippen LogP contribution in [0, 0.1) is 12.9 Å². The summed E-state index contributed by atoms with van der Waals surface area (Å²) in [6.45, 7) is 0.0456. The number of anilines is 1. The van der Waals surface area contributed by atoms with Crippen LogP contribution in [0.1, 0.15) is 5.56 Å². The Balaban J connectivity index is 0.000000612. The number of nitrogens with zero attached hydrogens (tertiary/aromatic N) is 2. The third-order valence-electron chi connectivity index (χ3n) is 2.31. The molecule has 1 aromatic carbocycles. The summed E-state index contributed by atoms with van der Waals surface area (Å²) < 4.78 is 33.2. The van der Waals surface area contributed by atoms with Gasteiger partial charge in [0, 0.05) is 5.02 Å².